The number of nitrogens with zero attached hydrogens (tertiary/aromatic N) is 2. The first-order valence-corrected chi connectivity index (χ1v) is 6.57. The summed E-state index contributed by atoms with van der Waals surface area (Å²) in [5, 5.41) is 11.8. The minimum Gasteiger partial charge on any atom is -0.303 e. The smallest absolute Gasteiger partial charge is 0.0924 e. The van der Waals surface area contributed by atoms with Crippen LogP contribution in [0.4, 0.5) is 0 Å². The Kier molecular flexibility index (Phi) is 6.44. The quantitative estimate of drug-likeness (QED) is 0.701. The molecule has 0 aromatic carbocycles. The van der Waals surface area contributed by atoms with Gasteiger partial charge in [0.25, 0.3) is 0 Å². The van der Waals surface area contributed by atoms with Crippen molar-refractivity contribution < 1.29 is 0 Å². The highest BCUT2D eigenvalue weighted by Crippen LogP contribution is 2.21. The second kappa shape index (κ2) is 7.65. The van der Waals surface area contributed by atoms with Crippen LogP contribution >= 0.6 is 0 Å². The van der Waals surface area contributed by atoms with Crippen LogP contribution in [0.2, 0.25) is 0 Å². The minimum atomic E-state index is -0.0139. The number of nitrogens with one attached hydrogen (secondary N) is 1. The van der Waals surface area contributed by atoms with E-state index in [1.54, 1.807) is 0 Å². The maximum atomic E-state index is 8.62. The number of hydrogen-bond donors (Lipinski definition) is 1. The maximum absolute atomic E-state index is 8.62. The van der Waals surface area contributed by atoms with E-state index in [-0.39, 0.29) is 6.04 Å². The van der Waals surface area contributed by atoms with Crippen LogP contribution in [-0.2, 0) is 0 Å². The van der Waals surface area contributed by atoms with E-state index in [4.69, 9.17) is 5.26 Å². The molecule has 1 unspecified atom stereocenters. The Bertz CT molecular complexity index is 216. The molecule has 92 valence electrons. The molecule has 0 amide bonds. The van der Waals surface area contributed by atoms with Gasteiger partial charge in [-0.2, -0.15) is 5.26 Å². The van der Waals surface area contributed by atoms with Gasteiger partial charge in [0.2, 0.25) is 0 Å². The summed E-state index contributed by atoms with van der Waals surface area (Å²) < 4.78 is 0. The SMILES string of the molecule is CC(C#N)NCCCN(C)C1CCCCC1. The summed E-state index contributed by atoms with van der Waals surface area (Å²) in [6.45, 7) is 4.01. The Morgan fingerprint density at radius 1 is 1.38 bits per heavy atom. The van der Waals surface area contributed by atoms with Gasteiger partial charge < -0.3 is 10.2 Å². The predicted octanol–water partition coefficient (Wildman–Crippen LogP) is 2.14. The van der Waals surface area contributed by atoms with Crippen LogP contribution in [-0.4, -0.2) is 37.1 Å². The molecule has 0 heterocycles. The second-order valence-electron chi connectivity index (χ2n) is 4.93. The summed E-state index contributed by atoms with van der Waals surface area (Å²) >= 11 is 0. The number of rotatable bonds is 6. The molecule has 1 aliphatic rings. The largest absolute Gasteiger partial charge is 0.303 e. The lowest BCUT2D eigenvalue weighted by Gasteiger charge is -2.31. The summed E-state index contributed by atoms with van der Waals surface area (Å²) in [5.74, 6) is 0. The molecule has 1 rings (SSSR count). The van der Waals surface area contributed by atoms with Gasteiger partial charge in [-0.15, -0.1) is 0 Å². The fourth-order valence-corrected chi connectivity index (χ4v) is 2.40. The van der Waals surface area contributed by atoms with Crippen LogP contribution in [0.3, 0.4) is 0 Å². The molecular weight excluding hydrogens is 198 g/mol. The zero-order valence-corrected chi connectivity index (χ0v) is 10.7. The monoisotopic (exact) mass is 223 g/mol. The van der Waals surface area contributed by atoms with Gasteiger partial charge in [0, 0.05) is 6.04 Å². The molecular formula is C13H25N3. The van der Waals surface area contributed by atoms with E-state index < -0.39 is 0 Å². The van der Waals surface area contributed by atoms with E-state index >= 15 is 0 Å². The van der Waals surface area contributed by atoms with E-state index in [0.29, 0.717) is 0 Å². The van der Waals surface area contributed by atoms with Crippen molar-refractivity contribution in [3.05, 3.63) is 0 Å². The van der Waals surface area contributed by atoms with Crippen molar-refractivity contribution in [3.63, 3.8) is 0 Å². The maximum Gasteiger partial charge on any atom is 0.0924 e. The highest BCUT2D eigenvalue weighted by atomic mass is 15.1. The lowest BCUT2D eigenvalue weighted by molar-refractivity contribution is 0.189. The molecule has 1 N–H and O–H groups in total. The molecule has 1 fully saturated rings. The normalized spacial score (nSPS) is 19.6. The van der Waals surface area contributed by atoms with Crippen LogP contribution in [0.15, 0.2) is 0 Å². The van der Waals surface area contributed by atoms with Crippen LogP contribution in [0.25, 0.3) is 0 Å². The predicted molar refractivity (Wildman–Crippen MR) is 67.2 cm³/mol. The lowest BCUT2D eigenvalue weighted by Crippen LogP contribution is -2.36. The van der Waals surface area contributed by atoms with Gasteiger partial charge in [-0.25, -0.2) is 0 Å². The van der Waals surface area contributed by atoms with Crippen molar-refractivity contribution in [2.45, 2.75) is 57.5 Å². The van der Waals surface area contributed by atoms with Crippen LogP contribution in [0.1, 0.15) is 45.4 Å². The molecule has 3 heteroatoms. The molecule has 0 radical (unpaired) electrons. The first-order valence-electron chi connectivity index (χ1n) is 6.57. The molecule has 0 aliphatic heterocycles. The molecule has 1 aliphatic carbocycles. The van der Waals surface area contributed by atoms with Gasteiger partial charge in [-0.1, -0.05) is 19.3 Å². The van der Waals surface area contributed by atoms with Crippen molar-refractivity contribution in [2.24, 2.45) is 0 Å². The zero-order valence-electron chi connectivity index (χ0n) is 10.7. The molecule has 16 heavy (non-hydrogen) atoms. The van der Waals surface area contributed by atoms with E-state index in [1.165, 1.54) is 32.1 Å². The van der Waals surface area contributed by atoms with Gasteiger partial charge in [-0.05, 0) is 46.3 Å². The van der Waals surface area contributed by atoms with E-state index in [2.05, 4.69) is 23.3 Å². The molecule has 0 bridgehead atoms. The standard InChI is InChI=1S/C13H25N3/c1-12(11-14)15-9-6-10-16(2)13-7-4-3-5-8-13/h12-13,15H,3-10H2,1-2H3. The van der Waals surface area contributed by atoms with Crippen molar-refractivity contribution in [3.8, 4) is 6.07 Å². The second-order valence-corrected chi connectivity index (χ2v) is 4.93. The van der Waals surface area contributed by atoms with Gasteiger partial charge in [-0.3, -0.25) is 0 Å². The molecule has 3 nitrogen and oxygen atoms in total. The Hall–Kier alpha value is -0.590. The fraction of sp³-hybridized carbons (Fsp3) is 0.923. The van der Waals surface area contributed by atoms with E-state index in [0.717, 1.165) is 25.6 Å². The highest BCUT2D eigenvalue weighted by Gasteiger charge is 2.17. The average Bonchev–Trinajstić information content (AvgIpc) is 2.35. The van der Waals surface area contributed by atoms with E-state index in [9.17, 15) is 0 Å². The summed E-state index contributed by atoms with van der Waals surface area (Å²) in [7, 11) is 2.24. The van der Waals surface area contributed by atoms with Gasteiger partial charge in [0.15, 0.2) is 0 Å². The summed E-state index contributed by atoms with van der Waals surface area (Å²) in [6, 6.07) is 2.99. The van der Waals surface area contributed by atoms with Crippen LogP contribution in [0.5, 0.6) is 0 Å². The topological polar surface area (TPSA) is 39.1 Å². The molecule has 0 spiro atoms. The molecule has 1 saturated carbocycles. The summed E-state index contributed by atoms with van der Waals surface area (Å²) in [6.07, 6.45) is 8.11. The third kappa shape index (κ3) is 4.96. The van der Waals surface area contributed by atoms with Gasteiger partial charge in [0.05, 0.1) is 12.1 Å². The first kappa shape index (κ1) is 13.5. The Balaban J connectivity index is 2.05. The summed E-state index contributed by atoms with van der Waals surface area (Å²) in [5.41, 5.74) is 0. The summed E-state index contributed by atoms with van der Waals surface area (Å²) in [4.78, 5) is 2.50. The average molecular weight is 223 g/mol. The van der Waals surface area contributed by atoms with Crippen molar-refractivity contribution in [2.75, 3.05) is 20.1 Å². The Morgan fingerprint density at radius 3 is 2.69 bits per heavy atom. The molecule has 0 saturated heterocycles. The fourth-order valence-electron chi connectivity index (χ4n) is 2.40. The molecule has 1 atom stereocenters. The molecule has 0 aromatic heterocycles. The molecule has 0 aromatic rings. The zero-order chi connectivity index (χ0) is 11.8. The Morgan fingerprint density at radius 2 is 2.06 bits per heavy atom. The van der Waals surface area contributed by atoms with Crippen molar-refractivity contribution in [1.29, 1.82) is 5.26 Å². The number of nitriles is 1. The van der Waals surface area contributed by atoms with Gasteiger partial charge in [0.1, 0.15) is 0 Å². The van der Waals surface area contributed by atoms with Crippen molar-refractivity contribution >= 4 is 0 Å². The van der Waals surface area contributed by atoms with Crippen molar-refractivity contribution in [1.82, 2.24) is 10.2 Å². The Labute approximate surface area is 99.8 Å². The van der Waals surface area contributed by atoms with Crippen LogP contribution < -0.4 is 5.32 Å². The third-order valence-electron chi connectivity index (χ3n) is 3.53. The van der Waals surface area contributed by atoms with E-state index in [1.807, 2.05) is 6.92 Å². The highest BCUT2D eigenvalue weighted by molar-refractivity contribution is 4.85. The first-order chi connectivity index (χ1) is 7.74. The third-order valence-corrected chi connectivity index (χ3v) is 3.53. The lowest BCUT2D eigenvalue weighted by atomic mass is 9.94. The van der Waals surface area contributed by atoms with Crippen LogP contribution in [0, 0.1) is 11.3 Å². The number of hydrogen-bond acceptors (Lipinski definition) is 3. The van der Waals surface area contributed by atoms with Gasteiger partial charge >= 0.3 is 0 Å². The minimum absolute atomic E-state index is 0.0139.